The molecule has 0 aliphatic heterocycles. The molecule has 0 saturated carbocycles. The Kier molecular flexibility index (Phi) is 3.22. The minimum atomic E-state index is 0.0126. The molecule has 2 aromatic rings. The largest absolute Gasteiger partial charge is 0.344 e. The van der Waals surface area contributed by atoms with Crippen LogP contribution in [0.2, 0.25) is 0 Å². The molecule has 3 rings (SSSR count). The van der Waals surface area contributed by atoms with Crippen LogP contribution in [0.5, 0.6) is 0 Å². The zero-order valence-electron chi connectivity index (χ0n) is 9.65. The fourth-order valence-electron chi connectivity index (χ4n) is 2.39. The Balaban J connectivity index is 1.79. The van der Waals surface area contributed by atoms with Gasteiger partial charge in [-0.25, -0.2) is 0 Å². The highest BCUT2D eigenvalue weighted by Crippen LogP contribution is 2.31. The van der Waals surface area contributed by atoms with E-state index in [9.17, 15) is 4.79 Å². The number of hydrogen-bond donors (Lipinski definition) is 1. The molecule has 1 aliphatic rings. The van der Waals surface area contributed by atoms with Gasteiger partial charge in [-0.3, -0.25) is 4.79 Å². The van der Waals surface area contributed by atoms with Crippen molar-refractivity contribution in [3.8, 4) is 0 Å². The molecule has 1 heterocycles. The number of aryl methyl sites for hydroxylation is 1. The molecular weight excluding hydrogens is 310 g/mol. The summed E-state index contributed by atoms with van der Waals surface area (Å²) in [6, 6.07) is 10.4. The summed E-state index contributed by atoms with van der Waals surface area (Å²) in [6.07, 6.45) is 2.04. The number of hydrogen-bond acceptors (Lipinski definition) is 2. The molecule has 0 bridgehead atoms. The van der Waals surface area contributed by atoms with Gasteiger partial charge in [0.15, 0.2) is 0 Å². The Bertz CT molecular complexity index is 593. The van der Waals surface area contributed by atoms with Crippen LogP contribution in [0.1, 0.15) is 33.3 Å². The van der Waals surface area contributed by atoms with Crippen LogP contribution >= 0.6 is 27.3 Å². The smallest absolute Gasteiger partial charge is 0.262 e. The van der Waals surface area contributed by atoms with Gasteiger partial charge >= 0.3 is 0 Å². The third kappa shape index (κ3) is 2.10. The van der Waals surface area contributed by atoms with Crippen molar-refractivity contribution in [3.63, 3.8) is 0 Å². The van der Waals surface area contributed by atoms with Crippen LogP contribution in [-0.4, -0.2) is 5.91 Å². The molecule has 0 saturated heterocycles. The lowest BCUT2D eigenvalue weighted by Crippen LogP contribution is -2.26. The number of carbonyl (C=O) groups excluding carboxylic acids is 1. The summed E-state index contributed by atoms with van der Waals surface area (Å²) >= 11 is 4.86. The van der Waals surface area contributed by atoms with Gasteiger partial charge in [-0.15, -0.1) is 11.3 Å². The first-order chi connectivity index (χ1) is 8.75. The zero-order valence-corrected chi connectivity index (χ0v) is 12.1. The van der Waals surface area contributed by atoms with Crippen LogP contribution < -0.4 is 5.32 Å². The molecule has 1 atom stereocenters. The van der Waals surface area contributed by atoms with E-state index >= 15 is 0 Å². The molecule has 1 aromatic heterocycles. The van der Waals surface area contributed by atoms with Gasteiger partial charge in [-0.1, -0.05) is 24.3 Å². The number of halogens is 1. The molecule has 1 aromatic carbocycles. The van der Waals surface area contributed by atoms with Crippen molar-refractivity contribution in [2.24, 2.45) is 0 Å². The Morgan fingerprint density at radius 2 is 2.17 bits per heavy atom. The third-order valence-corrected chi connectivity index (χ3v) is 5.10. The zero-order chi connectivity index (χ0) is 12.5. The monoisotopic (exact) mass is 321 g/mol. The summed E-state index contributed by atoms with van der Waals surface area (Å²) in [5.41, 5.74) is 2.62. The maximum Gasteiger partial charge on any atom is 0.262 e. The van der Waals surface area contributed by atoms with Crippen molar-refractivity contribution in [2.45, 2.75) is 18.9 Å². The summed E-state index contributed by atoms with van der Waals surface area (Å²) < 4.78 is 0.872. The molecule has 92 valence electrons. The lowest BCUT2D eigenvalue weighted by molar-refractivity contribution is 0.0940. The number of fused-ring (bicyclic) bond motifs is 1. The maximum atomic E-state index is 12.2. The van der Waals surface area contributed by atoms with Crippen molar-refractivity contribution in [3.05, 3.63) is 56.2 Å². The minimum absolute atomic E-state index is 0.0126. The predicted octanol–water partition coefficient (Wildman–Crippen LogP) is 3.93. The highest BCUT2D eigenvalue weighted by molar-refractivity contribution is 9.10. The van der Waals surface area contributed by atoms with E-state index < -0.39 is 0 Å². The van der Waals surface area contributed by atoms with Crippen LogP contribution in [-0.2, 0) is 6.42 Å². The van der Waals surface area contributed by atoms with Gasteiger partial charge in [0.2, 0.25) is 0 Å². The first-order valence-corrected chi connectivity index (χ1v) is 7.54. The standard InChI is InChI=1S/C14H12BrNOS/c15-11-7-8-18-13(11)14(17)16-12-6-5-9-3-1-2-4-10(9)12/h1-4,7-8,12H,5-6H2,(H,16,17). The molecular formula is C14H12BrNOS. The number of nitrogens with one attached hydrogen (secondary N) is 1. The summed E-state index contributed by atoms with van der Waals surface area (Å²) in [7, 11) is 0. The lowest BCUT2D eigenvalue weighted by atomic mass is 10.1. The Morgan fingerprint density at radius 1 is 1.33 bits per heavy atom. The van der Waals surface area contributed by atoms with Crippen LogP contribution in [0.4, 0.5) is 0 Å². The fraction of sp³-hybridized carbons (Fsp3) is 0.214. The molecule has 1 unspecified atom stereocenters. The Morgan fingerprint density at radius 3 is 2.94 bits per heavy atom. The van der Waals surface area contributed by atoms with Crippen molar-refractivity contribution in [1.82, 2.24) is 5.32 Å². The highest BCUT2D eigenvalue weighted by atomic mass is 79.9. The van der Waals surface area contributed by atoms with E-state index in [0.717, 1.165) is 22.2 Å². The van der Waals surface area contributed by atoms with Gasteiger partial charge in [0.25, 0.3) is 5.91 Å². The number of carbonyl (C=O) groups is 1. The topological polar surface area (TPSA) is 29.1 Å². The van der Waals surface area contributed by atoms with Crippen LogP contribution in [0, 0.1) is 0 Å². The number of benzene rings is 1. The van der Waals surface area contributed by atoms with Crippen molar-refractivity contribution >= 4 is 33.2 Å². The van der Waals surface area contributed by atoms with Crippen LogP contribution in [0.3, 0.4) is 0 Å². The van der Waals surface area contributed by atoms with E-state index in [0.29, 0.717) is 0 Å². The molecule has 4 heteroatoms. The van der Waals surface area contributed by atoms with Gasteiger partial charge in [0, 0.05) is 4.47 Å². The van der Waals surface area contributed by atoms with E-state index in [2.05, 4.69) is 39.4 Å². The van der Waals surface area contributed by atoms with Gasteiger partial charge < -0.3 is 5.32 Å². The van der Waals surface area contributed by atoms with E-state index in [1.807, 2.05) is 17.5 Å². The first kappa shape index (κ1) is 11.9. The summed E-state index contributed by atoms with van der Waals surface area (Å²) in [5.74, 6) is 0.0126. The fourth-order valence-corrected chi connectivity index (χ4v) is 3.84. The van der Waals surface area contributed by atoms with Crippen molar-refractivity contribution < 1.29 is 4.79 Å². The first-order valence-electron chi connectivity index (χ1n) is 5.87. The van der Waals surface area contributed by atoms with Gasteiger partial charge in [0.05, 0.1) is 6.04 Å². The van der Waals surface area contributed by atoms with E-state index in [4.69, 9.17) is 0 Å². The summed E-state index contributed by atoms with van der Waals surface area (Å²) in [6.45, 7) is 0. The second kappa shape index (κ2) is 4.86. The molecule has 0 spiro atoms. The van der Waals surface area contributed by atoms with Gasteiger partial charge in [-0.2, -0.15) is 0 Å². The summed E-state index contributed by atoms with van der Waals surface area (Å²) in [4.78, 5) is 12.9. The molecule has 2 nitrogen and oxygen atoms in total. The van der Waals surface area contributed by atoms with Gasteiger partial charge in [-0.05, 0) is 51.3 Å². The quantitative estimate of drug-likeness (QED) is 0.892. The van der Waals surface area contributed by atoms with Gasteiger partial charge in [0.1, 0.15) is 4.88 Å². The van der Waals surface area contributed by atoms with Crippen molar-refractivity contribution in [2.75, 3.05) is 0 Å². The minimum Gasteiger partial charge on any atom is -0.344 e. The average molecular weight is 322 g/mol. The second-order valence-electron chi connectivity index (χ2n) is 4.36. The predicted molar refractivity (Wildman–Crippen MR) is 77.0 cm³/mol. The van der Waals surface area contributed by atoms with Crippen LogP contribution in [0.25, 0.3) is 0 Å². The second-order valence-corrected chi connectivity index (χ2v) is 6.13. The molecule has 1 aliphatic carbocycles. The van der Waals surface area contributed by atoms with Crippen molar-refractivity contribution in [1.29, 1.82) is 0 Å². The molecule has 0 fully saturated rings. The molecule has 0 radical (unpaired) electrons. The van der Waals surface area contributed by atoms with E-state index in [-0.39, 0.29) is 11.9 Å². The average Bonchev–Trinajstić information content (AvgIpc) is 2.97. The Hall–Kier alpha value is -1.13. The maximum absolute atomic E-state index is 12.2. The van der Waals surface area contributed by atoms with Crippen LogP contribution in [0.15, 0.2) is 40.2 Å². The normalized spacial score (nSPS) is 17.5. The number of rotatable bonds is 2. The number of thiophene rings is 1. The molecule has 1 N–H and O–H groups in total. The van der Waals surface area contributed by atoms with E-state index in [1.165, 1.54) is 22.5 Å². The molecule has 1 amide bonds. The number of amides is 1. The molecule has 18 heavy (non-hydrogen) atoms. The SMILES string of the molecule is O=C(NC1CCc2ccccc21)c1sccc1Br. The Labute approximate surface area is 118 Å². The lowest BCUT2D eigenvalue weighted by Gasteiger charge is -2.13. The summed E-state index contributed by atoms with van der Waals surface area (Å²) in [5, 5.41) is 5.04. The van der Waals surface area contributed by atoms with E-state index in [1.54, 1.807) is 0 Å². The highest BCUT2D eigenvalue weighted by Gasteiger charge is 2.24. The third-order valence-electron chi connectivity index (χ3n) is 3.26.